The summed E-state index contributed by atoms with van der Waals surface area (Å²) >= 11 is 0. The van der Waals surface area contributed by atoms with E-state index in [9.17, 15) is 10.2 Å². The van der Waals surface area contributed by atoms with Crippen LogP contribution in [0, 0.1) is 34.5 Å². The van der Waals surface area contributed by atoms with E-state index in [4.69, 9.17) is 5.73 Å². The number of aliphatic hydroxyl groups excluding tert-OH is 2. The molecule has 0 aliphatic heterocycles. The first-order chi connectivity index (χ1) is 14.8. The quantitative estimate of drug-likeness (QED) is 0.523. The second-order valence-corrected chi connectivity index (χ2v) is 11.0. The lowest BCUT2D eigenvalue weighted by atomic mass is 9.49. The van der Waals surface area contributed by atoms with Crippen LogP contribution >= 0.6 is 0 Å². The van der Waals surface area contributed by atoms with Crippen LogP contribution < -0.4 is 11.1 Å². The van der Waals surface area contributed by atoms with E-state index in [2.05, 4.69) is 36.8 Å². The molecule has 172 valence electrons. The number of nitrogens with two attached hydrogens (primary N) is 1. The van der Waals surface area contributed by atoms with Crippen molar-refractivity contribution in [2.45, 2.75) is 71.1 Å². The van der Waals surface area contributed by atoms with Crippen LogP contribution in [0.4, 0.5) is 0 Å². The predicted octanol–water partition coefficient (Wildman–Crippen LogP) is 3.27. The van der Waals surface area contributed by atoms with Gasteiger partial charge in [-0.25, -0.2) is 0 Å². The molecular formula is C26H41N3O2. The van der Waals surface area contributed by atoms with E-state index in [1.54, 1.807) is 6.20 Å². The molecule has 3 unspecified atom stereocenters. The Labute approximate surface area is 187 Å². The zero-order valence-corrected chi connectivity index (χ0v) is 19.3. The lowest BCUT2D eigenvalue weighted by Crippen LogP contribution is -2.53. The standard InChI is InChI=1S/C26H41N3O2/c1-17-24(27)12-23-21(16-30)22(7-9-25(17,23)2)26(3)8-6-20(31)11-19(26)15-29-14-18-5-4-10-28-13-18/h4-5,10,13,19-24,29-31H,1,6-9,11-12,14-16,27H2,2-3H3/t19-,20+,21-,22?,23?,24?,25-,26+/m1/s1. The zero-order valence-electron chi connectivity index (χ0n) is 19.3. The van der Waals surface area contributed by atoms with Gasteiger partial charge in [-0.15, -0.1) is 0 Å². The molecule has 5 nitrogen and oxygen atoms in total. The molecule has 0 amide bonds. The molecule has 1 aromatic heterocycles. The summed E-state index contributed by atoms with van der Waals surface area (Å²) in [6.45, 7) is 11.0. The van der Waals surface area contributed by atoms with Crippen molar-refractivity contribution in [3.05, 3.63) is 42.2 Å². The van der Waals surface area contributed by atoms with Gasteiger partial charge in [-0.3, -0.25) is 4.98 Å². The molecule has 0 aromatic carbocycles. The minimum Gasteiger partial charge on any atom is -0.396 e. The molecule has 0 spiro atoms. The Balaban J connectivity index is 1.52. The topological polar surface area (TPSA) is 91.4 Å². The highest BCUT2D eigenvalue weighted by atomic mass is 16.3. The Morgan fingerprint density at radius 3 is 2.74 bits per heavy atom. The van der Waals surface area contributed by atoms with Crippen LogP contribution in [0.25, 0.3) is 0 Å². The molecule has 1 aromatic rings. The summed E-state index contributed by atoms with van der Waals surface area (Å²) in [4.78, 5) is 4.21. The van der Waals surface area contributed by atoms with Crippen molar-refractivity contribution in [1.82, 2.24) is 10.3 Å². The van der Waals surface area contributed by atoms with Crippen LogP contribution in [-0.4, -0.2) is 40.5 Å². The molecule has 5 N–H and O–H groups in total. The monoisotopic (exact) mass is 427 g/mol. The summed E-state index contributed by atoms with van der Waals surface area (Å²) in [5, 5.41) is 24.7. The summed E-state index contributed by atoms with van der Waals surface area (Å²) in [6.07, 6.45) is 9.35. The number of pyridine rings is 1. The van der Waals surface area contributed by atoms with Gasteiger partial charge in [0.05, 0.1) is 6.10 Å². The lowest BCUT2D eigenvalue weighted by molar-refractivity contribution is -0.0931. The van der Waals surface area contributed by atoms with Gasteiger partial charge < -0.3 is 21.3 Å². The van der Waals surface area contributed by atoms with Crippen molar-refractivity contribution in [2.24, 2.45) is 40.2 Å². The van der Waals surface area contributed by atoms with Crippen molar-refractivity contribution in [1.29, 1.82) is 0 Å². The van der Waals surface area contributed by atoms with Crippen LogP contribution in [0.3, 0.4) is 0 Å². The Kier molecular flexibility index (Phi) is 6.60. The van der Waals surface area contributed by atoms with Gasteiger partial charge in [0, 0.05) is 31.6 Å². The SMILES string of the molecule is C=C1C(N)CC2[C@H](CO)C([C@@]3(C)CC[C@H](O)C[C@@H]3CNCc3cccnc3)CC[C@]12C. The number of aromatic nitrogens is 1. The molecule has 5 heteroatoms. The van der Waals surface area contributed by atoms with E-state index >= 15 is 0 Å². The van der Waals surface area contributed by atoms with Gasteiger partial charge in [0.2, 0.25) is 0 Å². The zero-order chi connectivity index (χ0) is 22.2. The first-order valence-electron chi connectivity index (χ1n) is 12.1. The van der Waals surface area contributed by atoms with Crippen molar-refractivity contribution in [3.63, 3.8) is 0 Å². The number of rotatable bonds is 6. The highest BCUT2D eigenvalue weighted by Crippen LogP contribution is 2.63. The smallest absolute Gasteiger partial charge is 0.0543 e. The van der Waals surface area contributed by atoms with Gasteiger partial charge in [-0.05, 0) is 91.2 Å². The first-order valence-corrected chi connectivity index (χ1v) is 12.1. The third-order valence-corrected chi connectivity index (χ3v) is 9.52. The molecule has 3 fully saturated rings. The third-order valence-electron chi connectivity index (χ3n) is 9.52. The summed E-state index contributed by atoms with van der Waals surface area (Å²) in [5.74, 6) is 1.50. The number of aliphatic hydroxyl groups is 2. The minimum absolute atomic E-state index is 0.0562. The van der Waals surface area contributed by atoms with E-state index in [1.165, 1.54) is 11.1 Å². The Morgan fingerprint density at radius 2 is 2.03 bits per heavy atom. The highest BCUT2D eigenvalue weighted by molar-refractivity contribution is 5.26. The van der Waals surface area contributed by atoms with Crippen LogP contribution in [-0.2, 0) is 6.54 Å². The van der Waals surface area contributed by atoms with Crippen LogP contribution in [0.15, 0.2) is 36.7 Å². The summed E-state index contributed by atoms with van der Waals surface area (Å²) in [6, 6.07) is 4.12. The maximum Gasteiger partial charge on any atom is 0.0543 e. The van der Waals surface area contributed by atoms with Gasteiger partial charge in [0.15, 0.2) is 0 Å². The van der Waals surface area contributed by atoms with Crippen LogP contribution in [0.1, 0.15) is 57.9 Å². The largest absolute Gasteiger partial charge is 0.396 e. The molecule has 0 radical (unpaired) electrons. The molecule has 0 saturated heterocycles. The highest BCUT2D eigenvalue weighted by Gasteiger charge is 2.58. The molecule has 1 heterocycles. The fraction of sp³-hybridized carbons (Fsp3) is 0.731. The first kappa shape index (κ1) is 22.9. The second kappa shape index (κ2) is 8.93. The van der Waals surface area contributed by atoms with Crippen LogP contribution in [0.2, 0.25) is 0 Å². The lowest BCUT2D eigenvalue weighted by Gasteiger charge is -2.56. The fourth-order valence-corrected chi connectivity index (χ4v) is 7.45. The Morgan fingerprint density at radius 1 is 1.23 bits per heavy atom. The third kappa shape index (κ3) is 4.10. The molecule has 3 aliphatic carbocycles. The minimum atomic E-state index is -0.223. The Bertz CT molecular complexity index is 771. The average molecular weight is 428 g/mol. The number of hydrogen-bond acceptors (Lipinski definition) is 5. The number of hydrogen-bond donors (Lipinski definition) is 4. The van der Waals surface area contributed by atoms with Gasteiger partial charge in [0.25, 0.3) is 0 Å². The number of nitrogens with one attached hydrogen (secondary N) is 1. The predicted molar refractivity (Wildman–Crippen MR) is 124 cm³/mol. The summed E-state index contributed by atoms with van der Waals surface area (Å²) < 4.78 is 0. The second-order valence-electron chi connectivity index (χ2n) is 11.0. The molecule has 0 bridgehead atoms. The summed E-state index contributed by atoms with van der Waals surface area (Å²) in [7, 11) is 0. The van der Waals surface area contributed by atoms with Gasteiger partial charge in [-0.1, -0.05) is 32.1 Å². The van der Waals surface area contributed by atoms with E-state index in [-0.39, 0.29) is 35.5 Å². The molecule has 31 heavy (non-hydrogen) atoms. The molecule has 3 aliphatic rings. The van der Waals surface area contributed by atoms with Gasteiger partial charge in [0.1, 0.15) is 0 Å². The number of nitrogens with zero attached hydrogens (tertiary/aromatic N) is 1. The molecule has 4 rings (SSSR count). The van der Waals surface area contributed by atoms with Crippen molar-refractivity contribution >= 4 is 0 Å². The van der Waals surface area contributed by atoms with E-state index < -0.39 is 0 Å². The average Bonchev–Trinajstić information content (AvgIpc) is 3.00. The maximum absolute atomic E-state index is 10.6. The van der Waals surface area contributed by atoms with Crippen LogP contribution in [0.5, 0.6) is 0 Å². The van der Waals surface area contributed by atoms with E-state index in [0.717, 1.165) is 51.6 Å². The van der Waals surface area contributed by atoms with Crippen molar-refractivity contribution < 1.29 is 10.2 Å². The number of fused-ring (bicyclic) bond motifs is 1. The summed E-state index contributed by atoms with van der Waals surface area (Å²) in [5.41, 5.74) is 8.96. The van der Waals surface area contributed by atoms with E-state index in [1.807, 2.05) is 12.3 Å². The molecule has 3 saturated carbocycles. The molecular weight excluding hydrogens is 386 g/mol. The Hall–Kier alpha value is -1.27. The normalized spacial score (nSPS) is 43.1. The molecule has 8 atom stereocenters. The van der Waals surface area contributed by atoms with Gasteiger partial charge >= 0.3 is 0 Å². The van der Waals surface area contributed by atoms with E-state index in [0.29, 0.717) is 17.8 Å². The van der Waals surface area contributed by atoms with Crippen molar-refractivity contribution in [2.75, 3.05) is 13.2 Å². The van der Waals surface area contributed by atoms with Gasteiger partial charge in [-0.2, -0.15) is 0 Å². The maximum atomic E-state index is 10.6. The van der Waals surface area contributed by atoms with Crippen molar-refractivity contribution in [3.8, 4) is 0 Å². The fourth-order valence-electron chi connectivity index (χ4n) is 7.45.